The summed E-state index contributed by atoms with van der Waals surface area (Å²) in [5.41, 5.74) is 1.46. The molecule has 0 atom stereocenters. The van der Waals surface area contributed by atoms with Gasteiger partial charge >= 0.3 is 6.18 Å². The first-order valence-corrected chi connectivity index (χ1v) is 9.89. The Bertz CT molecular complexity index is 1280. The lowest BCUT2D eigenvalue weighted by atomic mass is 10.1. The van der Waals surface area contributed by atoms with Crippen molar-refractivity contribution in [3.63, 3.8) is 0 Å². The molecule has 0 aliphatic heterocycles. The fourth-order valence-corrected chi connectivity index (χ4v) is 3.32. The number of hydrogen-bond acceptors (Lipinski definition) is 5. The molecule has 3 aromatic rings. The Kier molecular flexibility index (Phi) is 7.04. The molecule has 0 bridgehead atoms. The number of nitrogens with one attached hydrogen (secondary N) is 2. The van der Waals surface area contributed by atoms with E-state index in [0.29, 0.717) is 17.8 Å². The van der Waals surface area contributed by atoms with Gasteiger partial charge < -0.3 is 10.7 Å². The molecule has 0 aliphatic carbocycles. The third-order valence-electron chi connectivity index (χ3n) is 4.89. The van der Waals surface area contributed by atoms with Crippen molar-refractivity contribution in [1.29, 1.82) is 5.41 Å². The first-order chi connectivity index (χ1) is 15.7. The normalized spacial score (nSPS) is 12.1. The number of fused-ring (bicyclic) bond motifs is 1. The number of carbonyl (C=O) groups is 1. The molecule has 172 valence electrons. The molecule has 1 heterocycles. The summed E-state index contributed by atoms with van der Waals surface area (Å²) in [4.78, 5) is 29.6. The summed E-state index contributed by atoms with van der Waals surface area (Å²) in [6.07, 6.45) is -1.99. The van der Waals surface area contributed by atoms with Crippen LogP contribution < -0.4 is 16.4 Å². The summed E-state index contributed by atoms with van der Waals surface area (Å²) in [5, 5.41) is 18.3. The second-order valence-electron chi connectivity index (χ2n) is 7.10. The van der Waals surface area contributed by atoms with Gasteiger partial charge in [-0.2, -0.15) is 13.2 Å². The lowest BCUT2D eigenvalue weighted by Crippen LogP contribution is -2.80. The van der Waals surface area contributed by atoms with Gasteiger partial charge in [-0.1, -0.05) is 12.1 Å². The largest absolute Gasteiger partial charge is 0.416 e. The van der Waals surface area contributed by atoms with Crippen LogP contribution in [0.5, 0.6) is 0 Å². The number of halogens is 3. The van der Waals surface area contributed by atoms with Crippen molar-refractivity contribution in [2.24, 2.45) is 0 Å². The first-order valence-electron chi connectivity index (χ1n) is 9.89. The second-order valence-corrected chi connectivity index (χ2v) is 7.10. The summed E-state index contributed by atoms with van der Waals surface area (Å²) in [5.74, 6) is -0.580. The topological polar surface area (TPSA) is 125 Å². The molecular weight excluding hydrogens is 439 g/mol. The number of hydroxylamine groups is 1. The fraction of sp³-hybridized carbons (Fsp3) is 0.182. The highest BCUT2D eigenvalue weighted by Gasteiger charge is 2.30. The lowest BCUT2D eigenvalue weighted by Gasteiger charge is -2.15. The van der Waals surface area contributed by atoms with Crippen LogP contribution in [-0.2, 0) is 12.7 Å². The molecule has 8 nitrogen and oxygen atoms in total. The minimum atomic E-state index is -4.47. The van der Waals surface area contributed by atoms with E-state index in [4.69, 9.17) is 10.6 Å². The average molecular weight is 460 g/mol. The lowest BCUT2D eigenvalue weighted by molar-refractivity contribution is -0.559. The summed E-state index contributed by atoms with van der Waals surface area (Å²) in [7, 11) is 0. The Morgan fingerprint density at radius 3 is 2.52 bits per heavy atom. The number of quaternary nitrogens is 1. The molecule has 0 spiro atoms. The second kappa shape index (κ2) is 9.76. The maximum absolute atomic E-state index is 13.3. The van der Waals surface area contributed by atoms with E-state index in [-0.39, 0.29) is 28.8 Å². The van der Waals surface area contributed by atoms with Crippen molar-refractivity contribution >= 4 is 28.7 Å². The molecule has 1 aromatic heterocycles. The summed E-state index contributed by atoms with van der Waals surface area (Å²) < 4.78 is 40.0. The molecule has 33 heavy (non-hydrogen) atoms. The molecule has 0 aliphatic rings. The van der Waals surface area contributed by atoms with E-state index in [0.717, 1.165) is 18.3 Å². The maximum Gasteiger partial charge on any atom is 0.416 e. The van der Waals surface area contributed by atoms with Crippen molar-refractivity contribution < 1.29 is 28.5 Å². The number of nitrogens with two attached hydrogens (primary N) is 1. The van der Waals surface area contributed by atoms with Crippen molar-refractivity contribution in [3.8, 4) is 0 Å². The quantitative estimate of drug-likeness (QED) is 0.245. The van der Waals surface area contributed by atoms with Crippen LogP contribution in [0, 0.1) is 5.41 Å². The molecule has 1 amide bonds. The molecule has 2 aromatic carbocycles. The van der Waals surface area contributed by atoms with Crippen molar-refractivity contribution in [2.75, 3.05) is 6.54 Å². The van der Waals surface area contributed by atoms with Gasteiger partial charge in [0.05, 0.1) is 29.6 Å². The predicted octanol–water partition coefficient (Wildman–Crippen LogP) is 2.16. The molecule has 0 radical (unpaired) electrons. The van der Waals surface area contributed by atoms with Crippen LogP contribution in [0.2, 0.25) is 0 Å². The van der Waals surface area contributed by atoms with Crippen LogP contribution in [0.25, 0.3) is 16.6 Å². The van der Waals surface area contributed by atoms with Gasteiger partial charge in [0.15, 0.2) is 11.5 Å². The van der Waals surface area contributed by atoms with Crippen LogP contribution in [-0.4, -0.2) is 33.4 Å². The predicted molar refractivity (Wildman–Crippen MR) is 115 cm³/mol. The van der Waals surface area contributed by atoms with E-state index >= 15 is 0 Å². The summed E-state index contributed by atoms with van der Waals surface area (Å²) >= 11 is 0. The standard InChI is InChI=1S/C22H20F3N5O3/c1-2-27-17(9-10-26)19-28-18-11-14(20(31)29-33)5-8-16(18)21(32)30(19)12-13-3-6-15(7-4-13)22(23,24)25/h3-11,26-27,33H,2,12H2,1H3,(H,29,31)/p+1/b17-9-,26-10?. The molecular formula is C22H21F3N5O3+. The highest BCUT2D eigenvalue weighted by molar-refractivity contribution is 5.97. The molecule has 11 heteroatoms. The molecule has 0 saturated carbocycles. The molecule has 5 N–H and O–H groups in total. The highest BCUT2D eigenvalue weighted by Crippen LogP contribution is 2.29. The van der Waals surface area contributed by atoms with Gasteiger partial charge in [-0.15, -0.1) is 0 Å². The number of rotatable bonds is 7. The van der Waals surface area contributed by atoms with Gasteiger partial charge in [-0.05, 0) is 42.8 Å². The number of carbonyl (C=O) groups excluding carboxylic acids is 1. The van der Waals surface area contributed by atoms with Crippen molar-refractivity contribution in [2.45, 2.75) is 19.6 Å². The number of amides is 1. The monoisotopic (exact) mass is 460 g/mol. The number of nitrogens with zero attached hydrogens (tertiary/aromatic N) is 2. The fourth-order valence-electron chi connectivity index (χ4n) is 3.32. The zero-order valence-electron chi connectivity index (χ0n) is 17.5. The van der Waals surface area contributed by atoms with E-state index in [2.05, 4.69) is 4.98 Å². The Hall–Kier alpha value is -3.83. The number of alkyl halides is 3. The van der Waals surface area contributed by atoms with Crippen LogP contribution >= 0.6 is 0 Å². The minimum Gasteiger partial charge on any atom is -0.311 e. The number of hydrogen-bond donors (Lipinski definition) is 4. The third-order valence-corrected chi connectivity index (χ3v) is 4.89. The SMILES string of the molecule is CC[NH2+]/C(=C\C=N)c1nc2cc(C(=O)NO)ccc2c(=O)n1Cc1ccc(C(F)(F)F)cc1. The van der Waals surface area contributed by atoms with Crippen LogP contribution in [0.3, 0.4) is 0 Å². The van der Waals surface area contributed by atoms with Crippen LogP contribution in [0.15, 0.2) is 53.3 Å². The third kappa shape index (κ3) is 5.16. The number of aromatic nitrogens is 2. The van der Waals surface area contributed by atoms with Gasteiger partial charge in [0, 0.05) is 17.9 Å². The average Bonchev–Trinajstić information content (AvgIpc) is 2.79. The Morgan fingerprint density at radius 2 is 1.94 bits per heavy atom. The maximum atomic E-state index is 13.3. The highest BCUT2D eigenvalue weighted by atomic mass is 19.4. The zero-order chi connectivity index (χ0) is 24.2. The van der Waals surface area contributed by atoms with Crippen LogP contribution in [0.1, 0.15) is 34.2 Å². The Balaban J connectivity index is 2.20. The van der Waals surface area contributed by atoms with Gasteiger partial charge in [0.2, 0.25) is 0 Å². The Labute approximate surface area is 185 Å². The van der Waals surface area contributed by atoms with E-state index in [1.807, 2.05) is 6.92 Å². The first kappa shape index (κ1) is 23.8. The van der Waals surface area contributed by atoms with E-state index in [1.54, 1.807) is 5.32 Å². The van der Waals surface area contributed by atoms with Gasteiger partial charge in [-0.25, -0.2) is 10.5 Å². The van der Waals surface area contributed by atoms with Gasteiger partial charge in [-0.3, -0.25) is 19.4 Å². The molecule has 0 fully saturated rings. The number of allylic oxidation sites excluding steroid dienone is 1. The minimum absolute atomic E-state index is 0.0545. The summed E-state index contributed by atoms with van der Waals surface area (Å²) in [6.45, 7) is 2.38. The Morgan fingerprint density at radius 1 is 1.24 bits per heavy atom. The molecule has 0 unspecified atom stereocenters. The molecule has 3 rings (SSSR count). The van der Waals surface area contributed by atoms with Crippen LogP contribution in [0.4, 0.5) is 13.2 Å². The summed E-state index contributed by atoms with van der Waals surface area (Å²) in [6, 6.07) is 8.57. The van der Waals surface area contributed by atoms with E-state index in [1.165, 1.54) is 46.5 Å². The van der Waals surface area contributed by atoms with Crippen molar-refractivity contribution in [3.05, 3.63) is 81.4 Å². The zero-order valence-corrected chi connectivity index (χ0v) is 17.5. The van der Waals surface area contributed by atoms with Gasteiger partial charge in [0.1, 0.15) is 0 Å². The van der Waals surface area contributed by atoms with E-state index < -0.39 is 23.2 Å². The number of benzene rings is 2. The van der Waals surface area contributed by atoms with E-state index in [9.17, 15) is 22.8 Å². The van der Waals surface area contributed by atoms with Crippen molar-refractivity contribution in [1.82, 2.24) is 15.0 Å². The molecule has 0 saturated heterocycles. The smallest absolute Gasteiger partial charge is 0.311 e. The van der Waals surface area contributed by atoms with Gasteiger partial charge in [0.25, 0.3) is 11.5 Å².